The van der Waals surface area contributed by atoms with Crippen LogP contribution in [0.3, 0.4) is 0 Å². The standard InChI is InChI=1S/C16H14F4O5/c1-9(17)10(2)25-14(7-21)15(23)24-8-13(22)11-3-5-12(6-4-11)16(18,19)20/h3-6,14,21H,1-2,7-8H2. The van der Waals surface area contributed by atoms with Crippen LogP contribution in [0.4, 0.5) is 17.6 Å². The Balaban J connectivity index is 2.64. The van der Waals surface area contributed by atoms with E-state index in [9.17, 15) is 27.2 Å². The number of benzene rings is 1. The van der Waals surface area contributed by atoms with Crippen LogP contribution in [-0.4, -0.2) is 36.2 Å². The van der Waals surface area contributed by atoms with E-state index in [1.165, 1.54) is 0 Å². The summed E-state index contributed by atoms with van der Waals surface area (Å²) in [5, 5.41) is 9.01. The van der Waals surface area contributed by atoms with E-state index < -0.39 is 54.4 Å². The number of aliphatic hydroxyl groups excluding tert-OH is 1. The zero-order valence-electron chi connectivity index (χ0n) is 12.8. The van der Waals surface area contributed by atoms with Gasteiger partial charge in [-0.2, -0.15) is 13.2 Å². The second kappa shape index (κ2) is 8.43. The summed E-state index contributed by atoms with van der Waals surface area (Å²) in [6.07, 6.45) is -6.16. The van der Waals surface area contributed by atoms with E-state index in [4.69, 9.17) is 5.11 Å². The minimum Gasteiger partial charge on any atom is -0.474 e. The summed E-state index contributed by atoms with van der Waals surface area (Å²) in [7, 11) is 0. The molecule has 1 N–H and O–H groups in total. The van der Waals surface area contributed by atoms with E-state index in [2.05, 4.69) is 22.6 Å². The molecule has 0 radical (unpaired) electrons. The predicted molar refractivity (Wildman–Crippen MR) is 78.1 cm³/mol. The van der Waals surface area contributed by atoms with E-state index in [0.29, 0.717) is 12.1 Å². The van der Waals surface area contributed by atoms with Crippen molar-refractivity contribution < 1.29 is 41.7 Å². The molecule has 1 atom stereocenters. The van der Waals surface area contributed by atoms with Crippen LogP contribution in [0.1, 0.15) is 15.9 Å². The maximum atomic E-state index is 12.7. The van der Waals surface area contributed by atoms with Crippen molar-refractivity contribution in [2.24, 2.45) is 0 Å². The number of carbonyl (C=O) groups is 2. The lowest BCUT2D eigenvalue weighted by Crippen LogP contribution is -2.31. The summed E-state index contributed by atoms with van der Waals surface area (Å²) in [5.41, 5.74) is -1.04. The first kappa shape index (κ1) is 20.4. The zero-order chi connectivity index (χ0) is 19.2. The van der Waals surface area contributed by atoms with Crippen molar-refractivity contribution in [3.63, 3.8) is 0 Å². The van der Waals surface area contributed by atoms with Gasteiger partial charge >= 0.3 is 12.1 Å². The van der Waals surface area contributed by atoms with Crippen molar-refractivity contribution in [2.75, 3.05) is 13.2 Å². The number of alkyl halides is 3. The van der Waals surface area contributed by atoms with Gasteiger partial charge in [-0.3, -0.25) is 4.79 Å². The summed E-state index contributed by atoms with van der Waals surface area (Å²) in [5.74, 6) is -3.60. The highest BCUT2D eigenvalue weighted by atomic mass is 19.4. The molecular formula is C16H14F4O5. The van der Waals surface area contributed by atoms with Crippen LogP contribution in [0, 0.1) is 0 Å². The third-order valence-electron chi connectivity index (χ3n) is 2.90. The fourth-order valence-corrected chi connectivity index (χ4v) is 1.55. The molecule has 0 amide bonds. The first-order valence-electron chi connectivity index (χ1n) is 6.74. The normalized spacial score (nSPS) is 12.2. The largest absolute Gasteiger partial charge is 0.474 e. The molecule has 0 aliphatic rings. The first-order valence-corrected chi connectivity index (χ1v) is 6.74. The molecule has 136 valence electrons. The molecular weight excluding hydrogens is 348 g/mol. The zero-order valence-corrected chi connectivity index (χ0v) is 12.8. The van der Waals surface area contributed by atoms with Gasteiger partial charge in [0.1, 0.15) is 5.76 Å². The molecule has 0 aliphatic carbocycles. The summed E-state index contributed by atoms with van der Waals surface area (Å²) < 4.78 is 59.3. The number of hydrogen-bond acceptors (Lipinski definition) is 5. The quantitative estimate of drug-likeness (QED) is 0.253. The third kappa shape index (κ3) is 6.03. The highest BCUT2D eigenvalue weighted by molar-refractivity contribution is 5.98. The maximum Gasteiger partial charge on any atom is 0.416 e. The second-order valence-electron chi connectivity index (χ2n) is 4.72. The fraction of sp³-hybridized carbons (Fsp3) is 0.250. The van der Waals surface area contributed by atoms with Crippen LogP contribution in [-0.2, 0) is 20.4 Å². The molecule has 0 aliphatic heterocycles. The molecule has 0 fully saturated rings. The van der Waals surface area contributed by atoms with Gasteiger partial charge in [0.05, 0.1) is 12.2 Å². The van der Waals surface area contributed by atoms with Crippen molar-refractivity contribution in [1.29, 1.82) is 0 Å². The van der Waals surface area contributed by atoms with Gasteiger partial charge in [0.15, 0.2) is 18.2 Å². The highest BCUT2D eigenvalue weighted by Crippen LogP contribution is 2.29. The Labute approximate surface area is 140 Å². The van der Waals surface area contributed by atoms with Crippen molar-refractivity contribution in [3.05, 3.63) is 60.1 Å². The van der Waals surface area contributed by atoms with Crippen LogP contribution in [0.25, 0.3) is 0 Å². The average Bonchev–Trinajstić information content (AvgIpc) is 2.56. The number of Topliss-reactive ketones (excluding diaryl/α,β-unsaturated/α-hetero) is 1. The van der Waals surface area contributed by atoms with E-state index in [1.807, 2.05) is 0 Å². The van der Waals surface area contributed by atoms with Gasteiger partial charge in [0, 0.05) is 5.56 Å². The Kier molecular flexibility index (Phi) is 6.86. The van der Waals surface area contributed by atoms with Gasteiger partial charge in [-0.1, -0.05) is 25.3 Å². The number of esters is 1. The van der Waals surface area contributed by atoms with Crippen molar-refractivity contribution in [2.45, 2.75) is 12.3 Å². The lowest BCUT2D eigenvalue weighted by atomic mass is 10.1. The van der Waals surface area contributed by atoms with Crippen molar-refractivity contribution in [3.8, 4) is 0 Å². The Hall–Kier alpha value is -2.68. The molecule has 1 rings (SSSR count). The number of carbonyl (C=O) groups excluding carboxylic acids is 2. The van der Waals surface area contributed by atoms with Gasteiger partial charge in [0.25, 0.3) is 0 Å². The summed E-state index contributed by atoms with van der Waals surface area (Å²) in [6.45, 7) is 4.33. The molecule has 0 bridgehead atoms. The van der Waals surface area contributed by atoms with Crippen LogP contribution < -0.4 is 0 Å². The van der Waals surface area contributed by atoms with Crippen LogP contribution in [0.5, 0.6) is 0 Å². The molecule has 0 saturated carbocycles. The fourth-order valence-electron chi connectivity index (χ4n) is 1.55. The number of halogens is 4. The molecule has 1 aromatic rings. The molecule has 0 spiro atoms. The highest BCUT2D eigenvalue weighted by Gasteiger charge is 2.30. The Morgan fingerprint density at radius 3 is 2.16 bits per heavy atom. The molecule has 0 heterocycles. The number of aliphatic hydroxyl groups is 1. The number of ether oxygens (including phenoxy) is 2. The lowest BCUT2D eigenvalue weighted by Gasteiger charge is -2.16. The van der Waals surface area contributed by atoms with Gasteiger partial charge in [-0.15, -0.1) is 0 Å². The van der Waals surface area contributed by atoms with E-state index >= 15 is 0 Å². The summed E-state index contributed by atoms with van der Waals surface area (Å²) >= 11 is 0. The SMILES string of the molecule is C=C(F)C(=C)OC(CO)C(=O)OCC(=O)c1ccc(C(F)(F)F)cc1. The lowest BCUT2D eigenvalue weighted by molar-refractivity contribution is -0.155. The first-order chi connectivity index (χ1) is 11.6. The molecule has 25 heavy (non-hydrogen) atoms. The van der Waals surface area contributed by atoms with Crippen molar-refractivity contribution >= 4 is 11.8 Å². The predicted octanol–water partition coefficient (Wildman–Crippen LogP) is 2.81. The molecule has 5 nitrogen and oxygen atoms in total. The monoisotopic (exact) mass is 362 g/mol. The van der Waals surface area contributed by atoms with Gasteiger partial charge in [-0.05, 0) is 12.1 Å². The van der Waals surface area contributed by atoms with Gasteiger partial charge < -0.3 is 14.6 Å². The molecule has 0 aromatic heterocycles. The number of hydrogen-bond donors (Lipinski definition) is 1. The Morgan fingerprint density at radius 2 is 1.72 bits per heavy atom. The van der Waals surface area contributed by atoms with E-state index in [1.54, 1.807) is 0 Å². The minimum absolute atomic E-state index is 0.108. The second-order valence-corrected chi connectivity index (χ2v) is 4.72. The van der Waals surface area contributed by atoms with Crippen LogP contribution >= 0.6 is 0 Å². The number of rotatable bonds is 8. The van der Waals surface area contributed by atoms with Gasteiger partial charge in [-0.25, -0.2) is 9.18 Å². The van der Waals surface area contributed by atoms with E-state index in [0.717, 1.165) is 12.1 Å². The summed E-state index contributed by atoms with van der Waals surface area (Å²) in [6, 6.07) is 3.30. The number of ketones is 1. The Bertz CT molecular complexity index is 664. The molecule has 9 heteroatoms. The molecule has 0 saturated heterocycles. The van der Waals surface area contributed by atoms with Gasteiger partial charge in [0.2, 0.25) is 6.10 Å². The summed E-state index contributed by atoms with van der Waals surface area (Å²) in [4.78, 5) is 23.5. The van der Waals surface area contributed by atoms with E-state index in [-0.39, 0.29) is 5.56 Å². The maximum absolute atomic E-state index is 12.7. The topological polar surface area (TPSA) is 72.8 Å². The van der Waals surface area contributed by atoms with Crippen LogP contribution in [0.2, 0.25) is 0 Å². The third-order valence-corrected chi connectivity index (χ3v) is 2.90. The molecule has 1 unspecified atom stereocenters. The van der Waals surface area contributed by atoms with Crippen molar-refractivity contribution in [1.82, 2.24) is 0 Å². The van der Waals surface area contributed by atoms with Crippen LogP contribution in [0.15, 0.2) is 49.0 Å². The Morgan fingerprint density at radius 1 is 1.16 bits per heavy atom. The minimum atomic E-state index is -4.54. The molecule has 1 aromatic carbocycles. The number of allylic oxidation sites excluding steroid dienone is 1. The average molecular weight is 362 g/mol. The smallest absolute Gasteiger partial charge is 0.416 e.